The van der Waals surface area contributed by atoms with Crippen molar-refractivity contribution in [1.29, 1.82) is 0 Å². The molecule has 0 aromatic rings. The van der Waals surface area contributed by atoms with Crippen LogP contribution in [0.25, 0.3) is 0 Å². The van der Waals surface area contributed by atoms with Gasteiger partial charge in [0.2, 0.25) is 0 Å². The van der Waals surface area contributed by atoms with Gasteiger partial charge in [0.05, 0.1) is 12.5 Å². The van der Waals surface area contributed by atoms with Gasteiger partial charge in [-0.05, 0) is 12.2 Å². The highest BCUT2D eigenvalue weighted by Gasteiger charge is 1.77. The van der Waals surface area contributed by atoms with Gasteiger partial charge in [-0.15, -0.1) is 0 Å². The molecule has 0 atom stereocenters. The first-order valence-electron chi connectivity index (χ1n) is 3.20. The number of allylic oxidation sites excluding steroid dienone is 4. The SMILES string of the molecule is C=CC=CO[SiH2]OC=CC=C. The lowest BCUT2D eigenvalue weighted by atomic mass is 10.6. The summed E-state index contributed by atoms with van der Waals surface area (Å²) >= 11 is 0. The summed E-state index contributed by atoms with van der Waals surface area (Å²) in [5, 5.41) is 0. The van der Waals surface area contributed by atoms with E-state index in [0.29, 0.717) is 0 Å². The van der Waals surface area contributed by atoms with Crippen molar-refractivity contribution < 1.29 is 8.85 Å². The Morgan fingerprint density at radius 3 is 1.73 bits per heavy atom. The van der Waals surface area contributed by atoms with Crippen LogP contribution in [0.2, 0.25) is 0 Å². The van der Waals surface area contributed by atoms with Gasteiger partial charge in [0.15, 0.2) is 0 Å². The van der Waals surface area contributed by atoms with E-state index in [-0.39, 0.29) is 0 Å². The van der Waals surface area contributed by atoms with E-state index in [0.717, 1.165) is 0 Å². The van der Waals surface area contributed by atoms with Crippen molar-refractivity contribution in [2.75, 3.05) is 0 Å². The van der Waals surface area contributed by atoms with Crippen molar-refractivity contribution in [3.63, 3.8) is 0 Å². The Kier molecular flexibility index (Phi) is 7.80. The first-order valence-corrected chi connectivity index (χ1v) is 4.35. The molecular formula is C8H12O2Si. The quantitative estimate of drug-likeness (QED) is 0.258. The molecule has 0 radical (unpaired) electrons. The van der Waals surface area contributed by atoms with E-state index in [1.54, 1.807) is 36.8 Å². The predicted molar refractivity (Wildman–Crippen MR) is 49.4 cm³/mol. The summed E-state index contributed by atoms with van der Waals surface area (Å²) in [5.41, 5.74) is 0. The molecule has 0 saturated heterocycles. The molecule has 0 fully saturated rings. The van der Waals surface area contributed by atoms with Gasteiger partial charge in [-0.2, -0.15) is 0 Å². The minimum absolute atomic E-state index is 0.898. The van der Waals surface area contributed by atoms with Crippen molar-refractivity contribution >= 4 is 10.0 Å². The largest absolute Gasteiger partial charge is 0.523 e. The van der Waals surface area contributed by atoms with Gasteiger partial charge in [-0.25, -0.2) is 0 Å². The average molecular weight is 168 g/mol. The van der Waals surface area contributed by atoms with Crippen LogP contribution in [0, 0.1) is 0 Å². The molecule has 0 aromatic carbocycles. The van der Waals surface area contributed by atoms with Gasteiger partial charge in [0, 0.05) is 0 Å². The van der Waals surface area contributed by atoms with E-state index in [1.807, 2.05) is 0 Å². The first kappa shape index (κ1) is 9.78. The molecule has 0 aromatic heterocycles. The molecule has 0 saturated carbocycles. The smallest absolute Gasteiger partial charge is 0.426 e. The third-order valence-corrected chi connectivity index (χ3v) is 1.41. The number of hydrogen-bond acceptors (Lipinski definition) is 2. The van der Waals surface area contributed by atoms with Gasteiger partial charge in [0.25, 0.3) is 0 Å². The second-order valence-electron chi connectivity index (χ2n) is 1.58. The summed E-state index contributed by atoms with van der Waals surface area (Å²) < 4.78 is 10.00. The lowest BCUT2D eigenvalue weighted by Crippen LogP contribution is -1.93. The Bertz CT molecular complexity index is 143. The fourth-order valence-electron chi connectivity index (χ4n) is 0.340. The Morgan fingerprint density at radius 1 is 0.909 bits per heavy atom. The molecule has 0 aliphatic rings. The van der Waals surface area contributed by atoms with Crippen molar-refractivity contribution in [3.05, 3.63) is 50.0 Å². The monoisotopic (exact) mass is 168 g/mol. The van der Waals surface area contributed by atoms with E-state index in [4.69, 9.17) is 8.85 Å². The molecule has 0 bridgehead atoms. The van der Waals surface area contributed by atoms with Crippen LogP contribution in [0.1, 0.15) is 0 Å². The van der Waals surface area contributed by atoms with Gasteiger partial charge < -0.3 is 8.85 Å². The maximum Gasteiger partial charge on any atom is 0.426 e. The molecule has 3 heteroatoms. The standard InChI is InChI=1S/C8H12O2Si/c1-3-5-7-9-11-10-8-6-4-2/h3-8H,1-2,11H2. The third-order valence-electron chi connectivity index (χ3n) is 0.758. The molecule has 0 heterocycles. The zero-order valence-electron chi connectivity index (χ0n) is 6.40. The molecular weight excluding hydrogens is 156 g/mol. The lowest BCUT2D eigenvalue weighted by Gasteiger charge is -1.96. The maximum absolute atomic E-state index is 5.00. The van der Waals surface area contributed by atoms with Gasteiger partial charge in [0.1, 0.15) is 0 Å². The topological polar surface area (TPSA) is 18.5 Å². The zero-order valence-corrected chi connectivity index (χ0v) is 7.82. The Balaban J connectivity index is 3.14. The molecule has 0 amide bonds. The summed E-state index contributed by atoms with van der Waals surface area (Å²) in [4.78, 5) is 0. The Hall–Kier alpha value is -1.22. The summed E-state index contributed by atoms with van der Waals surface area (Å²) in [5.74, 6) is 0. The second-order valence-corrected chi connectivity index (χ2v) is 2.48. The van der Waals surface area contributed by atoms with E-state index in [1.165, 1.54) is 0 Å². The summed E-state index contributed by atoms with van der Waals surface area (Å²) in [6.07, 6.45) is 9.87. The van der Waals surface area contributed by atoms with Crippen LogP contribution in [-0.2, 0) is 8.85 Å². The fourth-order valence-corrected chi connectivity index (χ4v) is 0.798. The van der Waals surface area contributed by atoms with Gasteiger partial charge in [-0.3, -0.25) is 0 Å². The van der Waals surface area contributed by atoms with Gasteiger partial charge >= 0.3 is 10.0 Å². The van der Waals surface area contributed by atoms with Crippen LogP contribution in [-0.4, -0.2) is 10.0 Å². The van der Waals surface area contributed by atoms with Crippen LogP contribution >= 0.6 is 0 Å². The predicted octanol–water partition coefficient (Wildman–Crippen LogP) is 1.42. The zero-order chi connectivity index (χ0) is 8.36. The van der Waals surface area contributed by atoms with Crippen molar-refractivity contribution in [2.45, 2.75) is 0 Å². The molecule has 0 rings (SSSR count). The van der Waals surface area contributed by atoms with Crippen LogP contribution in [0.4, 0.5) is 0 Å². The minimum Gasteiger partial charge on any atom is -0.523 e. The van der Waals surface area contributed by atoms with Crippen molar-refractivity contribution in [2.24, 2.45) is 0 Å². The highest BCUT2D eigenvalue weighted by Crippen LogP contribution is 1.80. The first-order chi connectivity index (χ1) is 5.41. The highest BCUT2D eigenvalue weighted by molar-refractivity contribution is 6.18. The lowest BCUT2D eigenvalue weighted by molar-refractivity contribution is 0.376. The van der Waals surface area contributed by atoms with Crippen LogP contribution < -0.4 is 0 Å². The molecule has 0 unspecified atom stereocenters. The molecule has 11 heavy (non-hydrogen) atoms. The Labute approximate surface area is 69.6 Å². The molecule has 0 N–H and O–H groups in total. The van der Waals surface area contributed by atoms with Gasteiger partial charge in [-0.1, -0.05) is 25.3 Å². The minimum atomic E-state index is -0.898. The molecule has 60 valence electrons. The second kappa shape index (κ2) is 8.78. The van der Waals surface area contributed by atoms with E-state index < -0.39 is 10.0 Å². The van der Waals surface area contributed by atoms with Crippen LogP contribution in [0.3, 0.4) is 0 Å². The number of hydrogen-bond donors (Lipinski definition) is 0. The Morgan fingerprint density at radius 2 is 1.36 bits per heavy atom. The number of rotatable bonds is 6. The highest BCUT2D eigenvalue weighted by atomic mass is 28.3. The average Bonchev–Trinajstić information content (AvgIpc) is 2.03. The van der Waals surface area contributed by atoms with Crippen molar-refractivity contribution in [1.82, 2.24) is 0 Å². The van der Waals surface area contributed by atoms with E-state index in [2.05, 4.69) is 13.2 Å². The van der Waals surface area contributed by atoms with E-state index >= 15 is 0 Å². The summed E-state index contributed by atoms with van der Waals surface area (Å²) in [6.45, 7) is 6.98. The van der Waals surface area contributed by atoms with E-state index in [9.17, 15) is 0 Å². The molecule has 0 aliphatic heterocycles. The summed E-state index contributed by atoms with van der Waals surface area (Å²) in [7, 11) is -0.898. The normalized spacial score (nSPS) is 11.3. The summed E-state index contributed by atoms with van der Waals surface area (Å²) in [6, 6.07) is 0. The van der Waals surface area contributed by atoms with Crippen molar-refractivity contribution in [3.8, 4) is 0 Å². The van der Waals surface area contributed by atoms with Crippen LogP contribution in [0.15, 0.2) is 50.0 Å². The molecule has 2 nitrogen and oxygen atoms in total. The fraction of sp³-hybridized carbons (Fsp3) is 0. The van der Waals surface area contributed by atoms with Crippen LogP contribution in [0.5, 0.6) is 0 Å². The molecule has 0 aliphatic carbocycles. The third kappa shape index (κ3) is 8.78. The molecule has 0 spiro atoms. The maximum atomic E-state index is 5.00.